The molecule has 0 radical (unpaired) electrons. The number of hydrazine groups is 1. The molecule has 0 bridgehead atoms. The van der Waals surface area contributed by atoms with Gasteiger partial charge < -0.3 is 0 Å². The zero-order chi connectivity index (χ0) is 10.8. The highest BCUT2D eigenvalue weighted by molar-refractivity contribution is 7.10. The third-order valence-electron chi connectivity index (χ3n) is 3.00. The van der Waals surface area contributed by atoms with Crippen LogP contribution < -0.4 is 11.3 Å². The van der Waals surface area contributed by atoms with E-state index < -0.39 is 0 Å². The van der Waals surface area contributed by atoms with Crippen LogP contribution >= 0.6 is 22.9 Å². The van der Waals surface area contributed by atoms with Gasteiger partial charge in [0.2, 0.25) is 0 Å². The monoisotopic (exact) mass is 244 g/mol. The number of nitrogens with two attached hydrogens (primary N) is 1. The van der Waals surface area contributed by atoms with Crippen LogP contribution in [0.25, 0.3) is 0 Å². The lowest BCUT2D eigenvalue weighted by Crippen LogP contribution is -2.27. The molecule has 1 heterocycles. The van der Waals surface area contributed by atoms with Gasteiger partial charge in [0.05, 0.1) is 11.1 Å². The minimum absolute atomic E-state index is 0.233. The van der Waals surface area contributed by atoms with Crippen LogP contribution in [0, 0.1) is 12.8 Å². The van der Waals surface area contributed by atoms with Gasteiger partial charge in [0, 0.05) is 4.88 Å². The summed E-state index contributed by atoms with van der Waals surface area (Å²) in [7, 11) is 0. The molecule has 1 unspecified atom stereocenters. The van der Waals surface area contributed by atoms with Crippen molar-refractivity contribution in [3.05, 3.63) is 20.8 Å². The van der Waals surface area contributed by atoms with E-state index in [-0.39, 0.29) is 6.04 Å². The first-order chi connectivity index (χ1) is 7.22. The Kier molecular flexibility index (Phi) is 3.67. The lowest BCUT2D eigenvalue weighted by molar-refractivity contribution is 0.488. The molecule has 15 heavy (non-hydrogen) atoms. The first kappa shape index (κ1) is 11.4. The number of nitrogens with one attached hydrogen (secondary N) is 1. The van der Waals surface area contributed by atoms with Gasteiger partial charge >= 0.3 is 0 Å². The van der Waals surface area contributed by atoms with Gasteiger partial charge in [0.25, 0.3) is 0 Å². The largest absolute Gasteiger partial charge is 0.271 e. The number of thiophene rings is 1. The van der Waals surface area contributed by atoms with Crippen molar-refractivity contribution in [2.24, 2.45) is 11.8 Å². The topological polar surface area (TPSA) is 38.0 Å². The van der Waals surface area contributed by atoms with Crippen molar-refractivity contribution < 1.29 is 0 Å². The van der Waals surface area contributed by atoms with Crippen LogP contribution in [0.1, 0.15) is 42.2 Å². The molecule has 1 saturated carbocycles. The van der Waals surface area contributed by atoms with Crippen molar-refractivity contribution in [2.45, 2.75) is 38.6 Å². The average molecular weight is 245 g/mol. The lowest BCUT2D eigenvalue weighted by atomic mass is 10.1. The Hall–Kier alpha value is -0.0900. The molecule has 1 atom stereocenters. The van der Waals surface area contributed by atoms with Crippen LogP contribution in [0.3, 0.4) is 0 Å². The fourth-order valence-corrected chi connectivity index (χ4v) is 3.20. The normalized spacial score (nSPS) is 18.1. The van der Waals surface area contributed by atoms with E-state index in [0.717, 1.165) is 22.9 Å². The quantitative estimate of drug-likeness (QED) is 0.616. The van der Waals surface area contributed by atoms with E-state index in [2.05, 4.69) is 10.8 Å². The summed E-state index contributed by atoms with van der Waals surface area (Å²) in [4.78, 5) is 1.19. The molecule has 0 aliphatic heterocycles. The molecule has 1 aliphatic rings. The van der Waals surface area contributed by atoms with E-state index in [4.69, 9.17) is 17.4 Å². The molecule has 0 amide bonds. The van der Waals surface area contributed by atoms with Crippen LogP contribution in [0.2, 0.25) is 5.02 Å². The van der Waals surface area contributed by atoms with E-state index in [0.29, 0.717) is 0 Å². The van der Waals surface area contributed by atoms with Crippen LogP contribution in [-0.2, 0) is 0 Å². The standard InChI is InChI=1S/C11H17ClN2S/c1-7-6-15-11(10(7)12)9(14-13)5-4-8-2-3-8/h6,8-9,14H,2-5,13H2,1H3. The molecular formula is C11H17ClN2S. The predicted molar refractivity (Wildman–Crippen MR) is 66.1 cm³/mol. The Balaban J connectivity index is 2.00. The number of aryl methyl sites for hydroxylation is 1. The highest BCUT2D eigenvalue weighted by atomic mass is 35.5. The highest BCUT2D eigenvalue weighted by Crippen LogP contribution is 2.39. The van der Waals surface area contributed by atoms with E-state index in [1.165, 1.54) is 24.1 Å². The number of halogens is 1. The van der Waals surface area contributed by atoms with Crippen molar-refractivity contribution in [3.8, 4) is 0 Å². The summed E-state index contributed by atoms with van der Waals surface area (Å²) < 4.78 is 0. The molecule has 1 aromatic rings. The number of hydrogen-bond acceptors (Lipinski definition) is 3. The summed E-state index contributed by atoms with van der Waals surface area (Å²) in [5.74, 6) is 6.53. The molecule has 84 valence electrons. The second kappa shape index (κ2) is 4.83. The van der Waals surface area contributed by atoms with E-state index in [9.17, 15) is 0 Å². The zero-order valence-electron chi connectivity index (χ0n) is 8.92. The van der Waals surface area contributed by atoms with Gasteiger partial charge in [0.15, 0.2) is 0 Å². The molecule has 0 saturated heterocycles. The third-order valence-corrected chi connectivity index (χ3v) is 4.83. The number of hydrogen-bond donors (Lipinski definition) is 2. The lowest BCUT2D eigenvalue weighted by Gasteiger charge is -2.14. The van der Waals surface area contributed by atoms with Gasteiger partial charge in [-0.25, -0.2) is 0 Å². The minimum atomic E-state index is 0.233. The van der Waals surface area contributed by atoms with Gasteiger partial charge in [-0.2, -0.15) is 0 Å². The van der Waals surface area contributed by atoms with Crippen LogP contribution in [0.4, 0.5) is 0 Å². The fraction of sp³-hybridized carbons (Fsp3) is 0.636. The van der Waals surface area contributed by atoms with Crippen LogP contribution in [-0.4, -0.2) is 0 Å². The molecule has 2 nitrogen and oxygen atoms in total. The first-order valence-corrected chi connectivity index (χ1v) is 6.67. The first-order valence-electron chi connectivity index (χ1n) is 5.42. The molecule has 1 aliphatic carbocycles. The van der Waals surface area contributed by atoms with Gasteiger partial charge in [0.1, 0.15) is 0 Å². The Bertz CT molecular complexity index is 333. The van der Waals surface area contributed by atoms with Gasteiger partial charge in [-0.15, -0.1) is 11.3 Å². The third kappa shape index (κ3) is 2.72. The van der Waals surface area contributed by atoms with Crippen molar-refractivity contribution >= 4 is 22.9 Å². The summed E-state index contributed by atoms with van der Waals surface area (Å²) in [6, 6.07) is 0.233. The maximum atomic E-state index is 6.23. The molecule has 3 N–H and O–H groups in total. The molecule has 1 aromatic heterocycles. The highest BCUT2D eigenvalue weighted by Gasteiger charge is 2.24. The van der Waals surface area contributed by atoms with Crippen molar-refractivity contribution in [2.75, 3.05) is 0 Å². The molecule has 4 heteroatoms. The Morgan fingerprint density at radius 2 is 2.40 bits per heavy atom. The van der Waals surface area contributed by atoms with Gasteiger partial charge in [-0.05, 0) is 36.6 Å². The number of rotatable bonds is 5. The van der Waals surface area contributed by atoms with E-state index in [1.807, 2.05) is 6.92 Å². The maximum Gasteiger partial charge on any atom is 0.0590 e. The van der Waals surface area contributed by atoms with Crippen molar-refractivity contribution in [1.29, 1.82) is 0 Å². The maximum absolute atomic E-state index is 6.23. The van der Waals surface area contributed by atoms with Crippen molar-refractivity contribution in [3.63, 3.8) is 0 Å². The molecular weight excluding hydrogens is 228 g/mol. The SMILES string of the molecule is Cc1csc(C(CCC2CC2)NN)c1Cl. The van der Waals surface area contributed by atoms with Crippen LogP contribution in [0.15, 0.2) is 5.38 Å². The fourth-order valence-electron chi connectivity index (χ4n) is 1.78. The second-order valence-corrected chi connectivity index (χ2v) is 5.63. The summed E-state index contributed by atoms with van der Waals surface area (Å²) in [6.45, 7) is 2.04. The van der Waals surface area contributed by atoms with Crippen molar-refractivity contribution in [1.82, 2.24) is 5.43 Å². The summed E-state index contributed by atoms with van der Waals surface area (Å²) >= 11 is 7.93. The Labute approximate surface area is 99.8 Å². The second-order valence-electron chi connectivity index (χ2n) is 4.34. The van der Waals surface area contributed by atoms with E-state index >= 15 is 0 Å². The minimum Gasteiger partial charge on any atom is -0.271 e. The summed E-state index contributed by atoms with van der Waals surface area (Å²) in [5, 5.41) is 2.98. The zero-order valence-corrected chi connectivity index (χ0v) is 10.5. The summed E-state index contributed by atoms with van der Waals surface area (Å²) in [6.07, 6.45) is 5.16. The summed E-state index contributed by atoms with van der Waals surface area (Å²) in [5.41, 5.74) is 4.04. The Morgan fingerprint density at radius 3 is 2.87 bits per heavy atom. The van der Waals surface area contributed by atoms with Gasteiger partial charge in [-0.1, -0.05) is 24.4 Å². The van der Waals surface area contributed by atoms with Gasteiger partial charge in [-0.3, -0.25) is 11.3 Å². The van der Waals surface area contributed by atoms with Crippen LogP contribution in [0.5, 0.6) is 0 Å². The molecule has 1 fully saturated rings. The average Bonchev–Trinajstić information content (AvgIpc) is 3.00. The molecule has 0 aromatic carbocycles. The van der Waals surface area contributed by atoms with E-state index in [1.54, 1.807) is 11.3 Å². The Morgan fingerprint density at radius 1 is 1.67 bits per heavy atom. The smallest absolute Gasteiger partial charge is 0.0590 e. The molecule has 2 rings (SSSR count). The predicted octanol–water partition coefficient (Wildman–Crippen LogP) is 3.40. The molecule has 0 spiro atoms.